The Kier molecular flexibility index (Phi) is 2.63. The molecule has 0 saturated carbocycles. The molecule has 1 aliphatic carbocycles. The molecular weight excluding hydrogens is 224 g/mol. The van der Waals surface area contributed by atoms with Gasteiger partial charge < -0.3 is 4.74 Å². The van der Waals surface area contributed by atoms with E-state index >= 15 is 0 Å². The highest BCUT2D eigenvalue weighted by atomic mass is 16.5. The average Bonchev–Trinajstić information content (AvgIpc) is 2.38. The number of rotatable bonds is 1. The first-order valence-electron chi connectivity index (χ1n) is 6.14. The van der Waals surface area contributed by atoms with Gasteiger partial charge >= 0.3 is 5.97 Å². The normalized spacial score (nSPS) is 12.5. The van der Waals surface area contributed by atoms with E-state index in [9.17, 15) is 4.79 Å². The molecule has 0 fully saturated rings. The first-order chi connectivity index (χ1) is 8.75. The van der Waals surface area contributed by atoms with Crippen molar-refractivity contribution in [2.75, 3.05) is 0 Å². The van der Waals surface area contributed by atoms with Crippen molar-refractivity contribution in [1.82, 2.24) is 0 Å². The Bertz CT molecular complexity index is 614. The summed E-state index contributed by atoms with van der Waals surface area (Å²) in [4.78, 5) is 11.1. The van der Waals surface area contributed by atoms with E-state index in [2.05, 4.69) is 24.3 Å². The zero-order valence-corrected chi connectivity index (χ0v) is 10.3. The van der Waals surface area contributed by atoms with Gasteiger partial charge in [0.25, 0.3) is 0 Å². The van der Waals surface area contributed by atoms with E-state index in [1.165, 1.54) is 23.6 Å². The van der Waals surface area contributed by atoms with Crippen molar-refractivity contribution in [2.24, 2.45) is 0 Å². The van der Waals surface area contributed by atoms with Gasteiger partial charge in [-0.05, 0) is 35.6 Å². The van der Waals surface area contributed by atoms with E-state index in [4.69, 9.17) is 4.74 Å². The SMILES string of the molecule is CC(=O)Oc1cccc2c1CCc1ccccc1-2. The lowest BCUT2D eigenvalue weighted by Crippen LogP contribution is -2.09. The summed E-state index contributed by atoms with van der Waals surface area (Å²) in [6.45, 7) is 1.44. The van der Waals surface area contributed by atoms with Crippen LogP contribution in [-0.4, -0.2) is 5.97 Å². The maximum absolute atomic E-state index is 11.1. The van der Waals surface area contributed by atoms with E-state index in [1.54, 1.807) is 0 Å². The molecule has 0 amide bonds. The summed E-state index contributed by atoms with van der Waals surface area (Å²) in [5.41, 5.74) is 4.96. The van der Waals surface area contributed by atoms with Gasteiger partial charge in [-0.25, -0.2) is 0 Å². The zero-order valence-electron chi connectivity index (χ0n) is 10.3. The molecule has 90 valence electrons. The van der Waals surface area contributed by atoms with Crippen LogP contribution in [0.2, 0.25) is 0 Å². The minimum atomic E-state index is -0.262. The number of fused-ring (bicyclic) bond motifs is 3. The minimum Gasteiger partial charge on any atom is -0.426 e. The summed E-state index contributed by atoms with van der Waals surface area (Å²) in [7, 11) is 0. The molecule has 1 aliphatic rings. The Hall–Kier alpha value is -2.09. The molecule has 0 saturated heterocycles. The summed E-state index contributed by atoms with van der Waals surface area (Å²) in [6, 6.07) is 14.3. The topological polar surface area (TPSA) is 26.3 Å². The summed E-state index contributed by atoms with van der Waals surface area (Å²) < 4.78 is 5.29. The van der Waals surface area contributed by atoms with Crippen molar-refractivity contribution < 1.29 is 9.53 Å². The highest BCUT2D eigenvalue weighted by molar-refractivity contribution is 5.77. The molecule has 2 aromatic rings. The van der Waals surface area contributed by atoms with Crippen LogP contribution in [0.4, 0.5) is 0 Å². The quantitative estimate of drug-likeness (QED) is 0.562. The second kappa shape index (κ2) is 4.30. The lowest BCUT2D eigenvalue weighted by atomic mass is 9.85. The van der Waals surface area contributed by atoms with Crippen molar-refractivity contribution in [3.8, 4) is 16.9 Å². The van der Waals surface area contributed by atoms with E-state index < -0.39 is 0 Å². The Morgan fingerprint density at radius 2 is 1.78 bits per heavy atom. The van der Waals surface area contributed by atoms with Crippen molar-refractivity contribution in [3.63, 3.8) is 0 Å². The van der Waals surface area contributed by atoms with E-state index in [1.807, 2.05) is 18.2 Å². The fourth-order valence-electron chi connectivity index (χ4n) is 2.59. The predicted octanol–water partition coefficient (Wildman–Crippen LogP) is 3.38. The second-order valence-electron chi connectivity index (χ2n) is 4.53. The Morgan fingerprint density at radius 1 is 1.00 bits per heavy atom. The van der Waals surface area contributed by atoms with E-state index in [-0.39, 0.29) is 5.97 Å². The van der Waals surface area contributed by atoms with E-state index in [0.717, 1.165) is 18.4 Å². The van der Waals surface area contributed by atoms with Crippen LogP contribution in [0.1, 0.15) is 18.1 Å². The lowest BCUT2D eigenvalue weighted by Gasteiger charge is -2.21. The number of hydrogen-bond acceptors (Lipinski definition) is 2. The van der Waals surface area contributed by atoms with Gasteiger partial charge in [0.05, 0.1) is 0 Å². The van der Waals surface area contributed by atoms with Crippen molar-refractivity contribution in [1.29, 1.82) is 0 Å². The molecular formula is C16H14O2. The van der Waals surface area contributed by atoms with Gasteiger partial charge in [0.15, 0.2) is 0 Å². The van der Waals surface area contributed by atoms with Crippen molar-refractivity contribution in [3.05, 3.63) is 53.6 Å². The summed E-state index contributed by atoms with van der Waals surface area (Å²) in [5.74, 6) is 0.441. The molecule has 0 atom stereocenters. The Balaban J connectivity index is 2.15. The largest absolute Gasteiger partial charge is 0.426 e. The summed E-state index contributed by atoms with van der Waals surface area (Å²) in [6.07, 6.45) is 1.93. The zero-order chi connectivity index (χ0) is 12.5. The van der Waals surface area contributed by atoms with Gasteiger partial charge in [-0.2, -0.15) is 0 Å². The number of carbonyl (C=O) groups is 1. The molecule has 0 spiro atoms. The van der Waals surface area contributed by atoms with Crippen LogP contribution in [-0.2, 0) is 17.6 Å². The molecule has 0 N–H and O–H groups in total. The van der Waals surface area contributed by atoms with Crippen LogP contribution >= 0.6 is 0 Å². The first-order valence-corrected chi connectivity index (χ1v) is 6.14. The highest BCUT2D eigenvalue weighted by Gasteiger charge is 2.19. The van der Waals surface area contributed by atoms with Crippen LogP contribution in [0, 0.1) is 0 Å². The maximum Gasteiger partial charge on any atom is 0.308 e. The molecule has 2 aromatic carbocycles. The predicted molar refractivity (Wildman–Crippen MR) is 70.6 cm³/mol. The third-order valence-corrected chi connectivity index (χ3v) is 3.34. The Labute approximate surface area is 106 Å². The fraction of sp³-hybridized carbons (Fsp3) is 0.188. The fourth-order valence-corrected chi connectivity index (χ4v) is 2.59. The standard InChI is InChI=1S/C16H14O2/c1-11(17)18-16-8-4-7-14-13-6-3-2-5-12(13)9-10-15(14)16/h2-8H,9-10H2,1H3. The third kappa shape index (κ3) is 1.80. The summed E-state index contributed by atoms with van der Waals surface area (Å²) in [5, 5.41) is 0. The first kappa shape index (κ1) is 11.0. The van der Waals surface area contributed by atoms with Crippen LogP contribution in [0.15, 0.2) is 42.5 Å². The van der Waals surface area contributed by atoms with Gasteiger partial charge in [0.1, 0.15) is 5.75 Å². The lowest BCUT2D eigenvalue weighted by molar-refractivity contribution is -0.131. The van der Waals surface area contributed by atoms with Crippen LogP contribution in [0.3, 0.4) is 0 Å². The molecule has 18 heavy (non-hydrogen) atoms. The molecule has 0 radical (unpaired) electrons. The molecule has 2 heteroatoms. The number of aryl methyl sites for hydroxylation is 1. The van der Waals surface area contributed by atoms with Crippen molar-refractivity contribution >= 4 is 5.97 Å². The third-order valence-electron chi connectivity index (χ3n) is 3.34. The number of ether oxygens (including phenoxy) is 1. The molecule has 2 nitrogen and oxygen atoms in total. The molecule has 0 aliphatic heterocycles. The maximum atomic E-state index is 11.1. The smallest absolute Gasteiger partial charge is 0.308 e. The van der Waals surface area contributed by atoms with Gasteiger partial charge in [0, 0.05) is 12.5 Å². The molecule has 3 rings (SSSR count). The monoisotopic (exact) mass is 238 g/mol. The van der Waals surface area contributed by atoms with E-state index in [0.29, 0.717) is 5.75 Å². The van der Waals surface area contributed by atoms with Crippen LogP contribution in [0.25, 0.3) is 11.1 Å². The van der Waals surface area contributed by atoms with Gasteiger partial charge in [-0.15, -0.1) is 0 Å². The molecule has 0 aromatic heterocycles. The van der Waals surface area contributed by atoms with Crippen LogP contribution < -0.4 is 4.74 Å². The van der Waals surface area contributed by atoms with Gasteiger partial charge in [0.2, 0.25) is 0 Å². The Morgan fingerprint density at radius 3 is 2.61 bits per heavy atom. The molecule has 0 unspecified atom stereocenters. The second-order valence-corrected chi connectivity index (χ2v) is 4.53. The molecule has 0 heterocycles. The minimum absolute atomic E-state index is 0.262. The van der Waals surface area contributed by atoms with Gasteiger partial charge in [-0.3, -0.25) is 4.79 Å². The van der Waals surface area contributed by atoms with Crippen molar-refractivity contribution in [2.45, 2.75) is 19.8 Å². The highest BCUT2D eigenvalue weighted by Crippen LogP contribution is 2.37. The van der Waals surface area contributed by atoms with Crippen LogP contribution in [0.5, 0.6) is 5.75 Å². The number of esters is 1. The molecule has 0 bridgehead atoms. The number of benzene rings is 2. The average molecular weight is 238 g/mol. The summed E-state index contributed by atoms with van der Waals surface area (Å²) >= 11 is 0. The number of hydrogen-bond donors (Lipinski definition) is 0. The number of carbonyl (C=O) groups excluding carboxylic acids is 1. The van der Waals surface area contributed by atoms with Gasteiger partial charge in [-0.1, -0.05) is 36.4 Å².